The van der Waals surface area contributed by atoms with Crippen molar-refractivity contribution in [2.75, 3.05) is 7.11 Å². The number of nitriles is 1. The van der Waals surface area contributed by atoms with Crippen molar-refractivity contribution in [3.05, 3.63) is 34.9 Å². The summed E-state index contributed by atoms with van der Waals surface area (Å²) in [7, 11) is 1.24. The molecule has 0 saturated carbocycles. The fourth-order valence-electron chi connectivity index (χ4n) is 1.38. The van der Waals surface area contributed by atoms with E-state index in [2.05, 4.69) is 4.74 Å². The van der Waals surface area contributed by atoms with Gasteiger partial charge in [-0.3, -0.25) is 4.79 Å². The first-order chi connectivity index (χ1) is 8.08. The van der Waals surface area contributed by atoms with Crippen LogP contribution in [0.2, 0.25) is 0 Å². The van der Waals surface area contributed by atoms with Crippen LogP contribution in [0.4, 0.5) is 0 Å². The molecule has 1 aromatic rings. The van der Waals surface area contributed by atoms with E-state index >= 15 is 0 Å². The van der Waals surface area contributed by atoms with E-state index in [1.807, 2.05) is 6.07 Å². The fraction of sp³-hybridized carbons (Fsp3) is 0.250. The third-order valence-electron chi connectivity index (χ3n) is 2.24. The Bertz CT molecular complexity index is 488. The molecule has 1 N–H and O–H groups in total. The zero-order valence-electron chi connectivity index (χ0n) is 9.27. The smallest absolute Gasteiger partial charge is 0.339 e. The fourth-order valence-corrected chi connectivity index (χ4v) is 1.38. The maximum absolute atomic E-state index is 11.3. The van der Waals surface area contributed by atoms with Crippen molar-refractivity contribution in [1.29, 1.82) is 5.26 Å². The van der Waals surface area contributed by atoms with Gasteiger partial charge in [0, 0.05) is 6.42 Å². The monoisotopic (exact) mass is 233 g/mol. The van der Waals surface area contributed by atoms with Crippen molar-refractivity contribution in [2.24, 2.45) is 0 Å². The molecule has 0 radical (unpaired) electrons. The number of aryl methyl sites for hydroxylation is 1. The van der Waals surface area contributed by atoms with Crippen LogP contribution in [0.1, 0.15) is 27.9 Å². The Balaban J connectivity index is 2.97. The Hall–Kier alpha value is -2.35. The van der Waals surface area contributed by atoms with Crippen molar-refractivity contribution in [2.45, 2.75) is 12.8 Å². The second-order valence-electron chi connectivity index (χ2n) is 3.38. The van der Waals surface area contributed by atoms with Crippen LogP contribution in [-0.4, -0.2) is 24.2 Å². The van der Waals surface area contributed by atoms with E-state index in [-0.39, 0.29) is 17.5 Å². The number of carbonyl (C=O) groups excluding carboxylic acids is 1. The van der Waals surface area contributed by atoms with Gasteiger partial charge < -0.3 is 9.84 Å². The summed E-state index contributed by atoms with van der Waals surface area (Å²) < 4.78 is 4.53. The van der Waals surface area contributed by atoms with E-state index in [0.717, 1.165) is 0 Å². The predicted octanol–water partition coefficient (Wildman–Crippen LogP) is 1.36. The maximum Gasteiger partial charge on any atom is 0.339 e. The Labute approximate surface area is 98.2 Å². The number of benzene rings is 1. The number of aliphatic carboxylic acids is 1. The van der Waals surface area contributed by atoms with Gasteiger partial charge in [-0.2, -0.15) is 5.26 Å². The van der Waals surface area contributed by atoms with Crippen LogP contribution in [0.5, 0.6) is 0 Å². The molecule has 0 fully saturated rings. The molecule has 0 aliphatic rings. The first-order valence-corrected chi connectivity index (χ1v) is 4.91. The quantitative estimate of drug-likeness (QED) is 0.793. The van der Waals surface area contributed by atoms with Gasteiger partial charge in [-0.1, -0.05) is 6.07 Å². The van der Waals surface area contributed by atoms with Crippen LogP contribution in [0.15, 0.2) is 18.2 Å². The van der Waals surface area contributed by atoms with E-state index in [9.17, 15) is 9.59 Å². The molecular weight excluding hydrogens is 222 g/mol. The lowest BCUT2D eigenvalue weighted by molar-refractivity contribution is -0.136. The van der Waals surface area contributed by atoms with Crippen molar-refractivity contribution >= 4 is 11.9 Å². The molecule has 1 rings (SSSR count). The molecule has 0 aliphatic carbocycles. The van der Waals surface area contributed by atoms with Gasteiger partial charge in [0.05, 0.1) is 18.2 Å². The molecule has 0 aliphatic heterocycles. The largest absolute Gasteiger partial charge is 0.481 e. The van der Waals surface area contributed by atoms with Gasteiger partial charge in [0.15, 0.2) is 0 Å². The number of methoxy groups -OCH3 is 1. The van der Waals surface area contributed by atoms with Crippen molar-refractivity contribution in [3.8, 4) is 6.07 Å². The van der Waals surface area contributed by atoms with Crippen LogP contribution in [0, 0.1) is 11.3 Å². The predicted molar refractivity (Wildman–Crippen MR) is 58.5 cm³/mol. The molecule has 1 aromatic carbocycles. The first-order valence-electron chi connectivity index (χ1n) is 4.91. The molecule has 0 atom stereocenters. The highest BCUT2D eigenvalue weighted by Crippen LogP contribution is 2.13. The molecule has 88 valence electrons. The summed E-state index contributed by atoms with van der Waals surface area (Å²) in [5, 5.41) is 17.4. The minimum Gasteiger partial charge on any atom is -0.481 e. The second-order valence-corrected chi connectivity index (χ2v) is 3.38. The molecule has 0 spiro atoms. The molecule has 0 unspecified atom stereocenters. The summed E-state index contributed by atoms with van der Waals surface area (Å²) in [4.78, 5) is 21.7. The molecule has 0 aromatic heterocycles. The molecule has 0 amide bonds. The van der Waals surface area contributed by atoms with Gasteiger partial charge in [0.25, 0.3) is 0 Å². The number of nitrogens with zero attached hydrogens (tertiary/aromatic N) is 1. The number of carboxylic acids is 1. The topological polar surface area (TPSA) is 87.4 Å². The number of esters is 1. The normalized spacial score (nSPS) is 9.41. The number of hydrogen-bond acceptors (Lipinski definition) is 4. The summed E-state index contributed by atoms with van der Waals surface area (Å²) in [5.41, 5.74) is 1.09. The Kier molecular flexibility index (Phi) is 4.23. The van der Waals surface area contributed by atoms with E-state index in [1.165, 1.54) is 19.2 Å². The number of carbonyl (C=O) groups is 2. The van der Waals surface area contributed by atoms with Gasteiger partial charge in [-0.15, -0.1) is 0 Å². The van der Waals surface area contributed by atoms with Gasteiger partial charge in [0.2, 0.25) is 0 Å². The number of ether oxygens (including phenoxy) is 1. The van der Waals surface area contributed by atoms with Crippen molar-refractivity contribution < 1.29 is 19.4 Å². The average Bonchev–Trinajstić information content (AvgIpc) is 2.34. The van der Waals surface area contributed by atoms with Gasteiger partial charge in [-0.05, 0) is 24.1 Å². The van der Waals surface area contributed by atoms with Crippen LogP contribution in [0.25, 0.3) is 0 Å². The van der Waals surface area contributed by atoms with Gasteiger partial charge in [-0.25, -0.2) is 4.79 Å². The Morgan fingerprint density at radius 3 is 2.71 bits per heavy atom. The number of carboxylic acid groups (broad SMARTS) is 1. The summed E-state index contributed by atoms with van der Waals surface area (Å²) in [5.74, 6) is -1.48. The molecule has 0 saturated heterocycles. The zero-order valence-corrected chi connectivity index (χ0v) is 9.27. The van der Waals surface area contributed by atoms with Crippen LogP contribution in [0.3, 0.4) is 0 Å². The van der Waals surface area contributed by atoms with Gasteiger partial charge in [0.1, 0.15) is 6.07 Å². The lowest BCUT2D eigenvalue weighted by Crippen LogP contribution is -2.05. The molecule has 0 bridgehead atoms. The summed E-state index contributed by atoms with van der Waals surface area (Å²) in [6.07, 6.45) is 0.313. The standard InChI is InChI=1S/C12H11NO4/c1-17-12(16)10-4-2-8(3-5-11(14)15)6-9(10)7-13/h2,4,6H,3,5H2,1H3,(H,14,15). The van der Waals surface area contributed by atoms with E-state index in [0.29, 0.717) is 12.0 Å². The first kappa shape index (κ1) is 12.7. The number of rotatable bonds is 4. The van der Waals surface area contributed by atoms with Gasteiger partial charge >= 0.3 is 11.9 Å². The van der Waals surface area contributed by atoms with Crippen LogP contribution >= 0.6 is 0 Å². The molecular formula is C12H11NO4. The zero-order chi connectivity index (χ0) is 12.8. The third-order valence-corrected chi connectivity index (χ3v) is 2.24. The van der Waals surface area contributed by atoms with Crippen LogP contribution in [-0.2, 0) is 16.0 Å². The van der Waals surface area contributed by atoms with E-state index in [4.69, 9.17) is 10.4 Å². The van der Waals surface area contributed by atoms with Crippen molar-refractivity contribution in [1.82, 2.24) is 0 Å². The highest BCUT2D eigenvalue weighted by Gasteiger charge is 2.12. The van der Waals surface area contributed by atoms with Crippen molar-refractivity contribution in [3.63, 3.8) is 0 Å². The van der Waals surface area contributed by atoms with Crippen LogP contribution < -0.4 is 0 Å². The molecule has 17 heavy (non-hydrogen) atoms. The molecule has 5 nitrogen and oxygen atoms in total. The summed E-state index contributed by atoms with van der Waals surface area (Å²) in [6.45, 7) is 0. The lowest BCUT2D eigenvalue weighted by Gasteiger charge is -2.04. The lowest BCUT2D eigenvalue weighted by atomic mass is 10.0. The highest BCUT2D eigenvalue weighted by atomic mass is 16.5. The summed E-state index contributed by atoms with van der Waals surface area (Å²) >= 11 is 0. The molecule has 5 heteroatoms. The third kappa shape index (κ3) is 3.31. The second kappa shape index (κ2) is 5.66. The SMILES string of the molecule is COC(=O)c1ccc(CCC(=O)O)cc1C#N. The number of hydrogen-bond donors (Lipinski definition) is 1. The summed E-state index contributed by atoms with van der Waals surface area (Å²) in [6, 6.07) is 6.49. The maximum atomic E-state index is 11.3. The Morgan fingerprint density at radius 2 is 2.18 bits per heavy atom. The van der Waals surface area contributed by atoms with E-state index in [1.54, 1.807) is 6.07 Å². The minimum absolute atomic E-state index is 0.0115. The molecule has 0 heterocycles. The average molecular weight is 233 g/mol. The van der Waals surface area contributed by atoms with E-state index < -0.39 is 11.9 Å². The highest BCUT2D eigenvalue weighted by molar-refractivity contribution is 5.92. The Morgan fingerprint density at radius 1 is 1.47 bits per heavy atom. The minimum atomic E-state index is -0.902.